The number of rotatable bonds is 3. The summed E-state index contributed by atoms with van der Waals surface area (Å²) in [6, 6.07) is 12.1. The maximum absolute atomic E-state index is 12.3. The quantitative estimate of drug-likeness (QED) is 0.867. The summed E-state index contributed by atoms with van der Waals surface area (Å²) in [6.45, 7) is 2.54. The first kappa shape index (κ1) is 14.0. The summed E-state index contributed by atoms with van der Waals surface area (Å²) in [5.74, 6) is 0.933. The first-order valence-electron chi connectivity index (χ1n) is 7.74. The minimum atomic E-state index is -3.04. The number of pyridine rings is 1. The number of anilines is 1. The van der Waals surface area contributed by atoms with Gasteiger partial charge >= 0.3 is 0 Å². The molecule has 0 radical (unpaired) electrons. The van der Waals surface area contributed by atoms with Gasteiger partial charge in [0.05, 0.1) is 10.8 Å². The van der Waals surface area contributed by atoms with Crippen molar-refractivity contribution in [1.29, 1.82) is 0 Å². The second-order valence-corrected chi connectivity index (χ2v) is 8.21. The molecule has 2 aromatic rings. The average molecular weight is 317 g/mol. The summed E-state index contributed by atoms with van der Waals surface area (Å²) >= 11 is 0. The molecule has 22 heavy (non-hydrogen) atoms. The molecule has 1 saturated carbocycles. The molecule has 1 aromatic carbocycles. The molecule has 2 aliphatic rings. The van der Waals surface area contributed by atoms with Gasteiger partial charge in [0, 0.05) is 31.6 Å². The van der Waals surface area contributed by atoms with Gasteiger partial charge in [0.15, 0.2) is 0 Å². The topological polar surface area (TPSA) is 53.5 Å². The number of para-hydroxylation sites is 1. The van der Waals surface area contributed by atoms with E-state index in [0.717, 1.165) is 29.6 Å². The summed E-state index contributed by atoms with van der Waals surface area (Å²) in [6.07, 6.45) is 1.66. The predicted molar refractivity (Wildman–Crippen MR) is 87.5 cm³/mol. The van der Waals surface area contributed by atoms with E-state index in [1.165, 1.54) is 0 Å². The Morgan fingerprint density at radius 2 is 1.68 bits per heavy atom. The molecule has 1 aliphatic heterocycles. The molecule has 6 heteroatoms. The molecule has 5 nitrogen and oxygen atoms in total. The average Bonchev–Trinajstić information content (AvgIpc) is 3.40. The molecule has 116 valence electrons. The second kappa shape index (κ2) is 5.21. The third kappa shape index (κ3) is 2.46. The third-order valence-electron chi connectivity index (χ3n) is 4.45. The van der Waals surface area contributed by atoms with Gasteiger partial charge in [-0.15, -0.1) is 0 Å². The van der Waals surface area contributed by atoms with Crippen molar-refractivity contribution < 1.29 is 8.42 Å². The van der Waals surface area contributed by atoms with Crippen LogP contribution in [0.5, 0.6) is 0 Å². The zero-order chi connectivity index (χ0) is 15.2. The highest BCUT2D eigenvalue weighted by Crippen LogP contribution is 2.31. The molecule has 1 aliphatic carbocycles. The Morgan fingerprint density at radius 1 is 0.955 bits per heavy atom. The van der Waals surface area contributed by atoms with Crippen LogP contribution in [0.3, 0.4) is 0 Å². The van der Waals surface area contributed by atoms with Crippen LogP contribution in [-0.4, -0.2) is 49.1 Å². The van der Waals surface area contributed by atoms with Gasteiger partial charge in [-0.3, -0.25) is 0 Å². The standard InChI is InChI=1S/C16H19N3O2S/c20-22(21,14-6-7-14)19-11-9-18(10-12-19)16-8-5-13-3-1-2-4-15(13)17-16/h1-5,8,14H,6-7,9-12H2. The lowest BCUT2D eigenvalue weighted by molar-refractivity contribution is 0.383. The number of nitrogens with zero attached hydrogens (tertiary/aromatic N) is 3. The van der Waals surface area contributed by atoms with Crippen LogP contribution >= 0.6 is 0 Å². The van der Waals surface area contributed by atoms with Crippen LogP contribution in [-0.2, 0) is 10.0 Å². The fourth-order valence-electron chi connectivity index (χ4n) is 2.98. The van der Waals surface area contributed by atoms with Gasteiger partial charge in [-0.2, -0.15) is 4.31 Å². The molecule has 0 unspecified atom stereocenters. The highest BCUT2D eigenvalue weighted by atomic mass is 32.2. The van der Waals surface area contributed by atoms with E-state index in [9.17, 15) is 8.42 Å². The summed E-state index contributed by atoms with van der Waals surface area (Å²) in [4.78, 5) is 6.86. The Balaban J connectivity index is 1.50. The van der Waals surface area contributed by atoms with Crippen molar-refractivity contribution >= 4 is 26.7 Å². The van der Waals surface area contributed by atoms with Crippen LogP contribution in [0.2, 0.25) is 0 Å². The summed E-state index contributed by atoms with van der Waals surface area (Å²) < 4.78 is 26.2. The molecule has 2 heterocycles. The largest absolute Gasteiger partial charge is 0.354 e. The Hall–Kier alpha value is -1.66. The lowest BCUT2D eigenvalue weighted by Gasteiger charge is -2.34. The van der Waals surface area contributed by atoms with Gasteiger partial charge in [0.2, 0.25) is 10.0 Å². The first-order valence-corrected chi connectivity index (χ1v) is 9.25. The number of sulfonamides is 1. The van der Waals surface area contributed by atoms with E-state index in [2.05, 4.69) is 11.0 Å². The van der Waals surface area contributed by atoms with Gasteiger partial charge in [-0.1, -0.05) is 18.2 Å². The van der Waals surface area contributed by atoms with Crippen LogP contribution in [0.4, 0.5) is 5.82 Å². The van der Waals surface area contributed by atoms with Gasteiger partial charge < -0.3 is 4.90 Å². The summed E-state index contributed by atoms with van der Waals surface area (Å²) in [7, 11) is -3.04. The highest BCUT2D eigenvalue weighted by molar-refractivity contribution is 7.90. The monoisotopic (exact) mass is 317 g/mol. The normalized spacial score (nSPS) is 20.5. The molecular weight excluding hydrogens is 298 g/mol. The number of piperazine rings is 1. The highest BCUT2D eigenvalue weighted by Gasteiger charge is 2.41. The molecule has 2 fully saturated rings. The first-order chi connectivity index (χ1) is 10.6. The Morgan fingerprint density at radius 3 is 2.41 bits per heavy atom. The minimum absolute atomic E-state index is 0.113. The van der Waals surface area contributed by atoms with Crippen LogP contribution < -0.4 is 4.90 Å². The van der Waals surface area contributed by atoms with Crippen LogP contribution in [0.15, 0.2) is 36.4 Å². The second-order valence-electron chi connectivity index (χ2n) is 5.99. The Labute approximate surface area is 130 Å². The lowest BCUT2D eigenvalue weighted by Crippen LogP contribution is -2.49. The van der Waals surface area contributed by atoms with E-state index in [1.807, 2.05) is 30.3 Å². The SMILES string of the molecule is O=S(=O)(C1CC1)N1CCN(c2ccc3ccccc3n2)CC1. The van der Waals surface area contributed by atoms with E-state index in [-0.39, 0.29) is 5.25 Å². The number of hydrogen-bond acceptors (Lipinski definition) is 4. The van der Waals surface area contributed by atoms with Crippen LogP contribution in [0.25, 0.3) is 10.9 Å². The predicted octanol–water partition coefficient (Wildman–Crippen LogP) is 1.85. The van der Waals surface area contributed by atoms with Gasteiger partial charge in [0.1, 0.15) is 5.82 Å². The molecule has 0 spiro atoms. The number of aromatic nitrogens is 1. The van der Waals surface area contributed by atoms with Crippen molar-refractivity contribution in [1.82, 2.24) is 9.29 Å². The van der Waals surface area contributed by atoms with E-state index in [0.29, 0.717) is 26.2 Å². The molecule has 1 aromatic heterocycles. The fraction of sp³-hybridized carbons (Fsp3) is 0.438. The molecule has 0 atom stereocenters. The zero-order valence-corrected chi connectivity index (χ0v) is 13.2. The lowest BCUT2D eigenvalue weighted by atomic mass is 10.2. The van der Waals surface area contributed by atoms with E-state index in [1.54, 1.807) is 4.31 Å². The number of fused-ring (bicyclic) bond motifs is 1. The molecular formula is C16H19N3O2S. The zero-order valence-electron chi connectivity index (χ0n) is 12.4. The number of hydrogen-bond donors (Lipinski definition) is 0. The smallest absolute Gasteiger partial charge is 0.217 e. The van der Waals surface area contributed by atoms with Gasteiger partial charge in [-0.05, 0) is 31.0 Å². The van der Waals surface area contributed by atoms with Gasteiger partial charge in [-0.25, -0.2) is 13.4 Å². The van der Waals surface area contributed by atoms with Crippen molar-refractivity contribution in [3.8, 4) is 0 Å². The maximum Gasteiger partial charge on any atom is 0.217 e. The molecule has 1 saturated heterocycles. The van der Waals surface area contributed by atoms with Crippen LogP contribution in [0, 0.1) is 0 Å². The maximum atomic E-state index is 12.3. The summed E-state index contributed by atoms with van der Waals surface area (Å²) in [5.41, 5.74) is 0.980. The van der Waals surface area contributed by atoms with Crippen molar-refractivity contribution in [3.05, 3.63) is 36.4 Å². The van der Waals surface area contributed by atoms with Crippen molar-refractivity contribution in [2.75, 3.05) is 31.1 Å². The van der Waals surface area contributed by atoms with Crippen molar-refractivity contribution in [3.63, 3.8) is 0 Å². The Kier molecular flexibility index (Phi) is 3.31. The number of benzene rings is 1. The van der Waals surface area contributed by atoms with Crippen LogP contribution in [0.1, 0.15) is 12.8 Å². The minimum Gasteiger partial charge on any atom is -0.354 e. The van der Waals surface area contributed by atoms with Crippen molar-refractivity contribution in [2.24, 2.45) is 0 Å². The van der Waals surface area contributed by atoms with Gasteiger partial charge in [0.25, 0.3) is 0 Å². The van der Waals surface area contributed by atoms with E-state index < -0.39 is 10.0 Å². The summed E-state index contributed by atoms with van der Waals surface area (Å²) in [5, 5.41) is 1.01. The molecule has 0 amide bonds. The molecule has 0 N–H and O–H groups in total. The van der Waals surface area contributed by atoms with E-state index in [4.69, 9.17) is 4.98 Å². The van der Waals surface area contributed by atoms with E-state index >= 15 is 0 Å². The molecule has 0 bridgehead atoms. The third-order valence-corrected chi connectivity index (χ3v) is 6.85. The molecule has 4 rings (SSSR count). The van der Waals surface area contributed by atoms with Crippen molar-refractivity contribution in [2.45, 2.75) is 18.1 Å². The fourth-order valence-corrected chi connectivity index (χ4v) is 4.81. The Bertz CT molecular complexity index is 794.